The third-order valence-electron chi connectivity index (χ3n) is 15.0. The van der Waals surface area contributed by atoms with Gasteiger partial charge in [0.05, 0.1) is 25.4 Å². The van der Waals surface area contributed by atoms with Crippen LogP contribution in [-0.4, -0.2) is 47.4 Å². The SMILES string of the molecule is CCCCCCCCCCCCCCCCCCC/C=C/C(O)C(CO)NC(=O)CCCCCCCCC/C=C\CCCCCCCCCCCOC(=O)CCCCCCCCCCCCCCCCC. The fraction of sp³-hybridized carbons (Fsp3) is 0.908. The minimum Gasteiger partial charge on any atom is -0.466 e. The van der Waals surface area contributed by atoms with E-state index >= 15 is 0 Å². The van der Waals surface area contributed by atoms with E-state index < -0.39 is 12.1 Å². The number of carbonyl (C=O) groups is 2. The third-order valence-corrected chi connectivity index (χ3v) is 15.0. The number of rotatable bonds is 60. The van der Waals surface area contributed by atoms with E-state index in [1.165, 1.54) is 283 Å². The number of amides is 1. The maximum atomic E-state index is 12.5. The lowest BCUT2D eigenvalue weighted by Crippen LogP contribution is -2.45. The Kier molecular flexibility index (Phi) is 59.5. The van der Waals surface area contributed by atoms with Gasteiger partial charge in [-0.15, -0.1) is 0 Å². The molecule has 0 saturated heterocycles. The van der Waals surface area contributed by atoms with Crippen LogP contribution >= 0.6 is 0 Å². The third kappa shape index (κ3) is 57.5. The van der Waals surface area contributed by atoms with Crippen molar-refractivity contribution >= 4 is 11.9 Å². The summed E-state index contributed by atoms with van der Waals surface area (Å²) >= 11 is 0. The first-order chi connectivity index (χ1) is 35.0. The Labute approximate surface area is 443 Å². The molecule has 6 heteroatoms. The van der Waals surface area contributed by atoms with Gasteiger partial charge >= 0.3 is 5.97 Å². The number of unbranched alkanes of at least 4 members (excludes halogenated alkanes) is 47. The molecule has 0 aromatic carbocycles. The summed E-state index contributed by atoms with van der Waals surface area (Å²) in [5, 5.41) is 23.2. The Morgan fingerprint density at radius 1 is 0.380 bits per heavy atom. The van der Waals surface area contributed by atoms with Crippen LogP contribution in [0, 0.1) is 0 Å². The van der Waals surface area contributed by atoms with Crippen molar-refractivity contribution in [2.45, 2.75) is 366 Å². The molecule has 420 valence electrons. The molecule has 0 fully saturated rings. The highest BCUT2D eigenvalue weighted by Gasteiger charge is 2.18. The number of aliphatic hydroxyl groups excluding tert-OH is 2. The van der Waals surface area contributed by atoms with Crippen LogP contribution in [0.15, 0.2) is 24.3 Å². The number of aliphatic hydroxyl groups is 2. The van der Waals surface area contributed by atoms with Gasteiger partial charge in [0.2, 0.25) is 5.91 Å². The number of carbonyl (C=O) groups excluding carboxylic acids is 2. The minimum absolute atomic E-state index is 0.00898. The minimum atomic E-state index is -0.850. The summed E-state index contributed by atoms with van der Waals surface area (Å²) in [5.41, 5.74) is 0. The summed E-state index contributed by atoms with van der Waals surface area (Å²) in [4.78, 5) is 24.6. The molecule has 0 bridgehead atoms. The van der Waals surface area contributed by atoms with E-state index in [0.717, 1.165) is 44.9 Å². The molecular weight excluding hydrogens is 875 g/mol. The summed E-state index contributed by atoms with van der Waals surface area (Å²) in [6, 6.07) is -0.634. The first-order valence-corrected chi connectivity index (χ1v) is 32.1. The van der Waals surface area contributed by atoms with Crippen LogP contribution in [0.4, 0.5) is 0 Å². The number of nitrogens with one attached hydrogen (secondary N) is 1. The molecule has 6 nitrogen and oxygen atoms in total. The Morgan fingerprint density at radius 2 is 0.662 bits per heavy atom. The molecule has 71 heavy (non-hydrogen) atoms. The van der Waals surface area contributed by atoms with Gasteiger partial charge < -0.3 is 20.3 Å². The Hall–Kier alpha value is -1.66. The van der Waals surface area contributed by atoms with Gasteiger partial charge in [0.25, 0.3) is 0 Å². The van der Waals surface area contributed by atoms with Gasteiger partial charge in [-0.3, -0.25) is 9.59 Å². The van der Waals surface area contributed by atoms with E-state index in [2.05, 4.69) is 31.3 Å². The average molecular weight is 1000 g/mol. The number of hydrogen-bond donors (Lipinski definition) is 3. The van der Waals surface area contributed by atoms with Crippen LogP contribution in [0.3, 0.4) is 0 Å². The summed E-state index contributed by atoms with van der Waals surface area (Å²) in [5.74, 6) is -0.0647. The lowest BCUT2D eigenvalue weighted by Gasteiger charge is -2.20. The second-order valence-electron chi connectivity index (χ2n) is 22.1. The first kappa shape index (κ1) is 69.3. The van der Waals surface area contributed by atoms with Crippen LogP contribution in [0.25, 0.3) is 0 Å². The Balaban J connectivity index is 3.45. The summed E-state index contributed by atoms with van der Waals surface area (Å²) < 4.78 is 5.49. The number of hydrogen-bond acceptors (Lipinski definition) is 5. The summed E-state index contributed by atoms with van der Waals surface area (Å²) in [6.07, 6.45) is 75.0. The van der Waals surface area contributed by atoms with E-state index in [9.17, 15) is 19.8 Å². The summed E-state index contributed by atoms with van der Waals surface area (Å²) in [6.45, 7) is 4.92. The van der Waals surface area contributed by atoms with Crippen LogP contribution in [0.1, 0.15) is 354 Å². The van der Waals surface area contributed by atoms with Crippen molar-refractivity contribution in [3.8, 4) is 0 Å². The van der Waals surface area contributed by atoms with Crippen LogP contribution in [0.5, 0.6) is 0 Å². The quantitative estimate of drug-likeness (QED) is 0.0320. The number of esters is 1. The normalized spacial score (nSPS) is 12.7. The fourth-order valence-electron chi connectivity index (χ4n) is 10.0. The molecular formula is C65H125NO5. The van der Waals surface area contributed by atoms with Crippen LogP contribution in [0.2, 0.25) is 0 Å². The van der Waals surface area contributed by atoms with E-state index in [4.69, 9.17) is 4.74 Å². The predicted octanol–water partition coefficient (Wildman–Crippen LogP) is 20.2. The van der Waals surface area contributed by atoms with Crippen LogP contribution < -0.4 is 5.32 Å². The molecule has 0 radical (unpaired) electrons. The second kappa shape index (κ2) is 60.9. The Bertz CT molecular complexity index is 1110. The van der Waals surface area contributed by atoms with Crippen molar-refractivity contribution in [2.75, 3.05) is 13.2 Å². The topological polar surface area (TPSA) is 95.9 Å². The van der Waals surface area contributed by atoms with E-state index in [-0.39, 0.29) is 18.5 Å². The first-order valence-electron chi connectivity index (χ1n) is 32.1. The van der Waals surface area contributed by atoms with Crippen molar-refractivity contribution in [2.24, 2.45) is 0 Å². The molecule has 2 atom stereocenters. The zero-order chi connectivity index (χ0) is 51.4. The van der Waals surface area contributed by atoms with Crippen molar-refractivity contribution < 1.29 is 24.5 Å². The molecule has 2 unspecified atom stereocenters. The maximum Gasteiger partial charge on any atom is 0.305 e. The zero-order valence-electron chi connectivity index (χ0n) is 48.0. The molecule has 1 amide bonds. The van der Waals surface area contributed by atoms with Crippen LogP contribution in [-0.2, 0) is 14.3 Å². The van der Waals surface area contributed by atoms with E-state index in [0.29, 0.717) is 19.4 Å². The summed E-state index contributed by atoms with van der Waals surface area (Å²) in [7, 11) is 0. The maximum absolute atomic E-state index is 12.5. The monoisotopic (exact) mass is 1000 g/mol. The number of ether oxygens (including phenoxy) is 1. The molecule has 0 aliphatic heterocycles. The molecule has 0 spiro atoms. The molecule has 0 rings (SSSR count). The lowest BCUT2D eigenvalue weighted by molar-refractivity contribution is -0.143. The fourth-order valence-corrected chi connectivity index (χ4v) is 10.0. The zero-order valence-corrected chi connectivity index (χ0v) is 48.0. The van der Waals surface area contributed by atoms with Gasteiger partial charge in [-0.2, -0.15) is 0 Å². The molecule has 0 saturated carbocycles. The molecule has 0 aliphatic carbocycles. The van der Waals surface area contributed by atoms with Gasteiger partial charge in [-0.05, 0) is 57.8 Å². The second-order valence-corrected chi connectivity index (χ2v) is 22.1. The van der Waals surface area contributed by atoms with Gasteiger partial charge in [-0.1, -0.05) is 308 Å². The molecule has 0 aliphatic rings. The van der Waals surface area contributed by atoms with Gasteiger partial charge in [0, 0.05) is 12.8 Å². The molecule has 0 aromatic heterocycles. The lowest BCUT2D eigenvalue weighted by atomic mass is 10.0. The average Bonchev–Trinajstić information content (AvgIpc) is 3.37. The van der Waals surface area contributed by atoms with Crippen molar-refractivity contribution in [1.29, 1.82) is 0 Å². The highest BCUT2D eigenvalue weighted by Crippen LogP contribution is 2.18. The highest BCUT2D eigenvalue weighted by atomic mass is 16.5. The molecule has 0 heterocycles. The van der Waals surface area contributed by atoms with Crippen molar-refractivity contribution in [3.05, 3.63) is 24.3 Å². The smallest absolute Gasteiger partial charge is 0.305 e. The van der Waals surface area contributed by atoms with Crippen molar-refractivity contribution in [3.63, 3.8) is 0 Å². The van der Waals surface area contributed by atoms with Gasteiger partial charge in [0.15, 0.2) is 0 Å². The van der Waals surface area contributed by atoms with Gasteiger partial charge in [0.1, 0.15) is 0 Å². The molecule has 3 N–H and O–H groups in total. The standard InChI is InChI=1S/C65H125NO5/c1-3-5-7-9-11-13-15-17-19-20-23-26-30-33-37-41-45-49-53-57-63(68)62(61-67)66-64(69)58-54-50-46-42-38-34-31-27-24-21-22-25-28-32-36-40-44-48-52-56-60-71-65(70)59-55-51-47-43-39-35-29-18-16-14-12-10-8-6-4-2/h21,24,53,57,62-63,67-68H,3-20,22-23,25-52,54-56,58-61H2,1-2H3,(H,66,69)/b24-21-,57-53+. The van der Waals surface area contributed by atoms with Gasteiger partial charge in [-0.25, -0.2) is 0 Å². The highest BCUT2D eigenvalue weighted by molar-refractivity contribution is 5.76. The van der Waals surface area contributed by atoms with E-state index in [1.54, 1.807) is 6.08 Å². The largest absolute Gasteiger partial charge is 0.466 e. The Morgan fingerprint density at radius 3 is 1.00 bits per heavy atom. The molecule has 0 aromatic rings. The number of allylic oxidation sites excluding steroid dienone is 3. The van der Waals surface area contributed by atoms with Crippen molar-refractivity contribution in [1.82, 2.24) is 5.32 Å². The predicted molar refractivity (Wildman–Crippen MR) is 310 cm³/mol. The van der Waals surface area contributed by atoms with E-state index in [1.807, 2.05) is 6.08 Å².